The molecule has 1 aliphatic rings. The average molecular weight is 317 g/mol. The largest absolute Gasteiger partial charge is 0.334 e. The van der Waals surface area contributed by atoms with Gasteiger partial charge in [0.25, 0.3) is 11.6 Å². The Hall–Kier alpha value is -1.33. The van der Waals surface area contributed by atoms with E-state index in [4.69, 9.17) is 23.2 Å². The molecule has 1 heterocycles. The normalized spacial score (nSPS) is 18.9. The molecule has 1 unspecified atom stereocenters. The monoisotopic (exact) mass is 316 g/mol. The molecule has 7 heteroatoms. The molecule has 1 atom stereocenters. The van der Waals surface area contributed by atoms with E-state index in [-0.39, 0.29) is 28.2 Å². The minimum absolute atomic E-state index is 0.0619. The molecule has 108 valence electrons. The summed E-state index contributed by atoms with van der Waals surface area (Å²) in [6.45, 7) is 0.579. The van der Waals surface area contributed by atoms with Crippen molar-refractivity contribution in [3.63, 3.8) is 0 Å². The maximum atomic E-state index is 12.5. The number of nitro groups is 1. The molecule has 1 amide bonds. The number of hydrogen-bond donors (Lipinski definition) is 0. The van der Waals surface area contributed by atoms with E-state index in [9.17, 15) is 14.9 Å². The summed E-state index contributed by atoms with van der Waals surface area (Å²) in [6, 6.07) is 4.03. The van der Waals surface area contributed by atoms with Gasteiger partial charge in [0.2, 0.25) is 0 Å². The molecule has 0 bridgehead atoms. The van der Waals surface area contributed by atoms with Crippen LogP contribution in [0.4, 0.5) is 5.69 Å². The first-order valence-electron chi connectivity index (χ1n) is 6.35. The minimum atomic E-state index is -0.585. The lowest BCUT2D eigenvalue weighted by Crippen LogP contribution is -2.44. The molecule has 0 aromatic heterocycles. The molecule has 1 aliphatic heterocycles. The Morgan fingerprint density at radius 3 is 2.85 bits per heavy atom. The summed E-state index contributed by atoms with van der Waals surface area (Å²) in [7, 11) is 0. The van der Waals surface area contributed by atoms with Gasteiger partial charge in [0.1, 0.15) is 5.56 Å². The fourth-order valence-electron chi connectivity index (χ4n) is 2.42. The molecule has 20 heavy (non-hydrogen) atoms. The SMILES string of the molecule is O=C(c1ccc(Cl)cc1[N+](=O)[O-])N1CCCCC1CCl. The molecule has 1 aromatic carbocycles. The molecular formula is C13H14Cl2N2O3. The molecule has 1 aromatic rings. The van der Waals surface area contributed by atoms with Crippen molar-refractivity contribution in [2.24, 2.45) is 0 Å². The van der Waals surface area contributed by atoms with Crippen LogP contribution in [0.3, 0.4) is 0 Å². The van der Waals surface area contributed by atoms with Crippen molar-refractivity contribution < 1.29 is 9.72 Å². The van der Waals surface area contributed by atoms with Gasteiger partial charge in [-0.2, -0.15) is 0 Å². The number of hydrogen-bond acceptors (Lipinski definition) is 3. The number of carbonyl (C=O) groups excluding carboxylic acids is 1. The van der Waals surface area contributed by atoms with Gasteiger partial charge < -0.3 is 4.90 Å². The summed E-state index contributed by atoms with van der Waals surface area (Å²) < 4.78 is 0. The molecule has 1 fully saturated rings. The highest BCUT2D eigenvalue weighted by atomic mass is 35.5. The van der Waals surface area contributed by atoms with E-state index in [2.05, 4.69) is 0 Å². The molecule has 0 saturated carbocycles. The lowest BCUT2D eigenvalue weighted by atomic mass is 10.0. The van der Waals surface area contributed by atoms with Gasteiger partial charge >= 0.3 is 0 Å². The quantitative estimate of drug-likeness (QED) is 0.487. The Morgan fingerprint density at radius 2 is 2.20 bits per heavy atom. The van der Waals surface area contributed by atoms with Gasteiger partial charge in [0.05, 0.1) is 4.92 Å². The third-order valence-corrected chi connectivity index (χ3v) is 4.04. The van der Waals surface area contributed by atoms with Crippen molar-refractivity contribution >= 4 is 34.8 Å². The molecule has 1 saturated heterocycles. The van der Waals surface area contributed by atoms with Crippen LogP contribution in [0.2, 0.25) is 5.02 Å². The van der Waals surface area contributed by atoms with Crippen LogP contribution in [-0.4, -0.2) is 34.2 Å². The number of nitrogens with zero attached hydrogens (tertiary/aromatic N) is 2. The van der Waals surface area contributed by atoms with E-state index in [1.54, 1.807) is 4.90 Å². The summed E-state index contributed by atoms with van der Waals surface area (Å²) in [5.41, 5.74) is -0.196. The lowest BCUT2D eigenvalue weighted by Gasteiger charge is -2.34. The highest BCUT2D eigenvalue weighted by Gasteiger charge is 2.30. The summed E-state index contributed by atoms with van der Waals surface area (Å²) in [5, 5.41) is 11.3. The number of halogens is 2. The predicted octanol–water partition coefficient (Wildman–Crippen LogP) is 3.48. The van der Waals surface area contributed by atoms with Crippen LogP contribution in [0.15, 0.2) is 18.2 Å². The smallest absolute Gasteiger partial charge is 0.283 e. The molecule has 0 radical (unpaired) electrons. The average Bonchev–Trinajstić information content (AvgIpc) is 2.46. The molecular weight excluding hydrogens is 303 g/mol. The van der Waals surface area contributed by atoms with Crippen molar-refractivity contribution in [1.29, 1.82) is 0 Å². The van der Waals surface area contributed by atoms with Gasteiger partial charge in [-0.1, -0.05) is 11.6 Å². The van der Waals surface area contributed by atoms with Gasteiger partial charge in [-0.25, -0.2) is 0 Å². The first-order chi connectivity index (χ1) is 9.54. The predicted molar refractivity (Wildman–Crippen MR) is 77.5 cm³/mol. The van der Waals surface area contributed by atoms with Crippen molar-refractivity contribution in [2.45, 2.75) is 25.3 Å². The highest BCUT2D eigenvalue weighted by Crippen LogP contribution is 2.27. The van der Waals surface area contributed by atoms with Crippen molar-refractivity contribution in [1.82, 2.24) is 4.90 Å². The Morgan fingerprint density at radius 1 is 1.45 bits per heavy atom. The van der Waals surface area contributed by atoms with Crippen LogP contribution < -0.4 is 0 Å². The van der Waals surface area contributed by atoms with Crippen LogP contribution >= 0.6 is 23.2 Å². The maximum absolute atomic E-state index is 12.5. The van der Waals surface area contributed by atoms with Gasteiger partial charge in [-0.05, 0) is 31.4 Å². The fraction of sp³-hybridized carbons (Fsp3) is 0.462. The number of amides is 1. The fourth-order valence-corrected chi connectivity index (χ4v) is 2.91. The van der Waals surface area contributed by atoms with Gasteiger partial charge in [0.15, 0.2) is 0 Å². The zero-order valence-electron chi connectivity index (χ0n) is 10.7. The number of carbonyl (C=O) groups is 1. The zero-order valence-corrected chi connectivity index (χ0v) is 12.2. The molecule has 5 nitrogen and oxygen atoms in total. The third kappa shape index (κ3) is 3.04. The van der Waals surface area contributed by atoms with Crippen molar-refractivity contribution in [3.8, 4) is 0 Å². The maximum Gasteiger partial charge on any atom is 0.283 e. The summed E-state index contributed by atoms with van der Waals surface area (Å²) in [5.74, 6) is -0.00801. The molecule has 0 N–H and O–H groups in total. The highest BCUT2D eigenvalue weighted by molar-refractivity contribution is 6.31. The number of nitro benzene ring substituents is 1. The van der Waals surface area contributed by atoms with Gasteiger partial charge in [0, 0.05) is 29.6 Å². The van der Waals surface area contributed by atoms with Crippen LogP contribution in [0.5, 0.6) is 0 Å². The lowest BCUT2D eigenvalue weighted by molar-refractivity contribution is -0.385. The van der Waals surface area contributed by atoms with Crippen molar-refractivity contribution in [3.05, 3.63) is 38.9 Å². The number of alkyl halides is 1. The second kappa shape index (κ2) is 6.41. The first-order valence-corrected chi connectivity index (χ1v) is 7.26. The summed E-state index contributed by atoms with van der Waals surface area (Å²) >= 11 is 11.6. The number of likely N-dealkylation sites (tertiary alicyclic amines) is 1. The van der Waals surface area contributed by atoms with Crippen LogP contribution in [0.25, 0.3) is 0 Å². The Kier molecular flexibility index (Phi) is 4.83. The van der Waals surface area contributed by atoms with Crippen LogP contribution in [0, 0.1) is 10.1 Å². The Labute approximate surface area is 126 Å². The van der Waals surface area contributed by atoms with Gasteiger partial charge in [-0.3, -0.25) is 14.9 Å². The molecule has 2 rings (SSSR count). The Bertz CT molecular complexity index is 536. The second-order valence-electron chi connectivity index (χ2n) is 4.72. The second-order valence-corrected chi connectivity index (χ2v) is 5.47. The summed E-state index contributed by atoms with van der Waals surface area (Å²) in [6.07, 6.45) is 2.74. The van der Waals surface area contributed by atoms with E-state index in [1.165, 1.54) is 18.2 Å². The zero-order chi connectivity index (χ0) is 14.7. The number of benzene rings is 1. The number of rotatable bonds is 3. The summed E-state index contributed by atoms with van der Waals surface area (Å²) in [4.78, 5) is 24.6. The van der Waals surface area contributed by atoms with E-state index in [1.807, 2.05) is 0 Å². The van der Waals surface area contributed by atoms with Crippen LogP contribution in [-0.2, 0) is 0 Å². The van der Waals surface area contributed by atoms with Gasteiger partial charge in [-0.15, -0.1) is 11.6 Å². The Balaban J connectivity index is 2.35. The standard InChI is InChI=1S/C13H14Cl2N2O3/c14-8-10-3-1-2-6-16(10)13(18)11-5-4-9(15)7-12(11)17(19)20/h4-5,7,10H,1-3,6,8H2. The van der Waals surface area contributed by atoms with E-state index >= 15 is 0 Å². The van der Waals surface area contributed by atoms with E-state index < -0.39 is 4.92 Å². The van der Waals surface area contributed by atoms with E-state index in [0.717, 1.165) is 19.3 Å². The minimum Gasteiger partial charge on any atom is -0.334 e. The molecule has 0 aliphatic carbocycles. The van der Waals surface area contributed by atoms with E-state index in [0.29, 0.717) is 12.4 Å². The topological polar surface area (TPSA) is 63.4 Å². The first kappa shape index (κ1) is 15.1. The van der Waals surface area contributed by atoms with Crippen molar-refractivity contribution in [2.75, 3.05) is 12.4 Å². The molecule has 0 spiro atoms. The van der Waals surface area contributed by atoms with Crippen LogP contribution in [0.1, 0.15) is 29.6 Å². The number of piperidine rings is 1. The third-order valence-electron chi connectivity index (χ3n) is 3.45.